The molecule has 4 rings (SSSR count). The zero-order valence-electron chi connectivity index (χ0n) is 18.0. The van der Waals surface area contributed by atoms with Gasteiger partial charge in [-0.15, -0.1) is 0 Å². The second-order valence-corrected chi connectivity index (χ2v) is 7.98. The Morgan fingerprint density at radius 3 is 2.65 bits per heavy atom. The molecule has 1 aliphatic rings. The molecule has 1 N–H and O–H groups in total. The van der Waals surface area contributed by atoms with Crippen molar-refractivity contribution in [3.8, 4) is 0 Å². The number of anilines is 1. The number of amides is 1. The lowest BCUT2D eigenvalue weighted by atomic mass is 9.95. The van der Waals surface area contributed by atoms with E-state index in [0.717, 1.165) is 40.8 Å². The molecule has 0 fully saturated rings. The van der Waals surface area contributed by atoms with Crippen molar-refractivity contribution >= 4 is 28.8 Å². The van der Waals surface area contributed by atoms with Crippen LogP contribution in [0.3, 0.4) is 0 Å². The van der Waals surface area contributed by atoms with Gasteiger partial charge in [-0.05, 0) is 44.4 Å². The summed E-state index contributed by atoms with van der Waals surface area (Å²) in [4.78, 5) is 30.9. The van der Waals surface area contributed by atoms with Crippen molar-refractivity contribution in [2.75, 3.05) is 11.5 Å². The second-order valence-electron chi connectivity index (χ2n) is 7.98. The van der Waals surface area contributed by atoms with Gasteiger partial charge in [0, 0.05) is 25.1 Å². The molecule has 31 heavy (non-hydrogen) atoms. The van der Waals surface area contributed by atoms with Gasteiger partial charge >= 0.3 is 12.1 Å². The Morgan fingerprint density at radius 2 is 1.97 bits per heavy atom. The van der Waals surface area contributed by atoms with E-state index in [9.17, 15) is 14.7 Å². The Hall–Kier alpha value is -3.35. The molecule has 0 bridgehead atoms. The van der Waals surface area contributed by atoms with E-state index in [4.69, 9.17) is 9.72 Å². The normalized spacial score (nSPS) is 16.7. The number of rotatable bonds is 5. The molecule has 0 saturated carbocycles. The van der Waals surface area contributed by atoms with Crippen LogP contribution in [0, 0.1) is 0 Å². The van der Waals surface area contributed by atoms with Gasteiger partial charge in [-0.25, -0.2) is 9.78 Å². The summed E-state index contributed by atoms with van der Waals surface area (Å²) in [6.07, 6.45) is 0.978. The van der Waals surface area contributed by atoms with Crippen LogP contribution in [0.15, 0.2) is 42.5 Å². The fraction of sp³-hybridized carbons (Fsp3) is 0.375. The molecule has 1 unspecified atom stereocenters. The van der Waals surface area contributed by atoms with E-state index in [0.29, 0.717) is 18.7 Å². The number of esters is 1. The zero-order chi connectivity index (χ0) is 22.1. The van der Waals surface area contributed by atoms with Crippen LogP contribution in [0.25, 0.3) is 11.0 Å². The Kier molecular flexibility index (Phi) is 5.67. The molecule has 0 aliphatic carbocycles. The molecule has 2 aromatic carbocycles. The summed E-state index contributed by atoms with van der Waals surface area (Å²) >= 11 is 0. The molecule has 7 nitrogen and oxygen atoms in total. The number of carbonyl (C=O) groups is 2. The summed E-state index contributed by atoms with van der Waals surface area (Å²) in [6.45, 7) is 4.05. The number of benzene rings is 2. The third-order valence-electron chi connectivity index (χ3n) is 6.10. The molecule has 0 saturated heterocycles. The van der Waals surface area contributed by atoms with Gasteiger partial charge in [-0.3, -0.25) is 9.69 Å². The van der Waals surface area contributed by atoms with Gasteiger partial charge in [-0.1, -0.05) is 30.3 Å². The van der Waals surface area contributed by atoms with E-state index in [1.165, 1.54) is 4.90 Å². The number of aryl methyl sites for hydroxylation is 2. The monoisotopic (exact) mass is 421 g/mol. The first-order chi connectivity index (χ1) is 14.9. The van der Waals surface area contributed by atoms with Crippen molar-refractivity contribution in [1.29, 1.82) is 0 Å². The van der Waals surface area contributed by atoms with Crippen LogP contribution < -0.4 is 4.90 Å². The Bertz CT molecular complexity index is 1120. The standard InChI is InChI=1S/C24H27N3O4/c1-4-31-23(28)18(16-8-6-5-7-9-16)14-21-25-22-17-11-10-15(2)27(24(29)30)19(17)12-13-20(22)26(21)3/h5-9,12-13,15,18H,4,10-11,14H2,1-3H3,(H,29,30)/t15-,18?/m0/s1. The van der Waals surface area contributed by atoms with Gasteiger partial charge in [0.05, 0.1) is 29.2 Å². The number of aromatic nitrogens is 2. The largest absolute Gasteiger partial charge is 0.466 e. The number of carbonyl (C=O) groups excluding carboxylic acids is 1. The average molecular weight is 421 g/mol. The van der Waals surface area contributed by atoms with Crippen molar-refractivity contribution in [3.05, 3.63) is 59.4 Å². The fourth-order valence-electron chi connectivity index (χ4n) is 4.47. The molecule has 3 aromatic rings. The number of carboxylic acid groups (broad SMARTS) is 1. The maximum absolute atomic E-state index is 12.7. The first-order valence-corrected chi connectivity index (χ1v) is 10.6. The van der Waals surface area contributed by atoms with Gasteiger partial charge in [-0.2, -0.15) is 0 Å². The number of ether oxygens (including phenoxy) is 1. The second kappa shape index (κ2) is 8.41. The van der Waals surface area contributed by atoms with Crippen LogP contribution in [0.2, 0.25) is 0 Å². The summed E-state index contributed by atoms with van der Waals surface area (Å²) in [5, 5.41) is 9.69. The number of hydrogen-bond donors (Lipinski definition) is 1. The summed E-state index contributed by atoms with van der Waals surface area (Å²) in [7, 11) is 1.94. The van der Waals surface area contributed by atoms with E-state index in [-0.39, 0.29) is 12.0 Å². The lowest BCUT2D eigenvalue weighted by Gasteiger charge is -2.33. The van der Waals surface area contributed by atoms with Crippen LogP contribution in [-0.4, -0.2) is 39.4 Å². The summed E-state index contributed by atoms with van der Waals surface area (Å²) in [5.74, 6) is 0.0440. The highest BCUT2D eigenvalue weighted by atomic mass is 16.5. The quantitative estimate of drug-likeness (QED) is 0.622. The van der Waals surface area contributed by atoms with Gasteiger partial charge in [0.1, 0.15) is 5.82 Å². The number of fused-ring (bicyclic) bond motifs is 3. The predicted molar refractivity (Wildman–Crippen MR) is 119 cm³/mol. The Labute approximate surface area is 181 Å². The Balaban J connectivity index is 1.77. The van der Waals surface area contributed by atoms with Crippen molar-refractivity contribution in [2.45, 2.75) is 45.1 Å². The van der Waals surface area contributed by atoms with Gasteiger partial charge < -0.3 is 14.4 Å². The molecule has 2 heterocycles. The molecule has 0 radical (unpaired) electrons. The van der Waals surface area contributed by atoms with Gasteiger partial charge in [0.2, 0.25) is 0 Å². The van der Waals surface area contributed by atoms with Gasteiger partial charge in [0.25, 0.3) is 0 Å². The summed E-state index contributed by atoms with van der Waals surface area (Å²) in [6, 6.07) is 13.3. The minimum atomic E-state index is -0.949. The van der Waals surface area contributed by atoms with Crippen molar-refractivity contribution in [1.82, 2.24) is 9.55 Å². The summed E-state index contributed by atoms with van der Waals surface area (Å²) in [5.41, 5.74) is 4.29. The van der Waals surface area contributed by atoms with E-state index in [2.05, 4.69) is 0 Å². The van der Waals surface area contributed by atoms with Crippen LogP contribution in [-0.2, 0) is 29.4 Å². The van der Waals surface area contributed by atoms with E-state index < -0.39 is 12.0 Å². The highest BCUT2D eigenvalue weighted by molar-refractivity contribution is 5.94. The molecule has 0 spiro atoms. The molecular formula is C24H27N3O4. The van der Waals surface area contributed by atoms with Crippen LogP contribution in [0.5, 0.6) is 0 Å². The third-order valence-corrected chi connectivity index (χ3v) is 6.10. The van der Waals surface area contributed by atoms with Crippen LogP contribution in [0.1, 0.15) is 43.1 Å². The first-order valence-electron chi connectivity index (χ1n) is 10.6. The molecular weight excluding hydrogens is 394 g/mol. The zero-order valence-corrected chi connectivity index (χ0v) is 18.0. The maximum Gasteiger partial charge on any atom is 0.412 e. The first kappa shape index (κ1) is 20.9. The number of hydrogen-bond acceptors (Lipinski definition) is 4. The van der Waals surface area contributed by atoms with Crippen molar-refractivity contribution in [3.63, 3.8) is 0 Å². The summed E-state index contributed by atoms with van der Waals surface area (Å²) < 4.78 is 7.33. The molecule has 162 valence electrons. The highest BCUT2D eigenvalue weighted by Crippen LogP contribution is 2.36. The lowest BCUT2D eigenvalue weighted by Crippen LogP contribution is -2.41. The smallest absolute Gasteiger partial charge is 0.412 e. The van der Waals surface area contributed by atoms with E-state index in [1.807, 2.05) is 61.0 Å². The van der Waals surface area contributed by atoms with E-state index in [1.54, 1.807) is 6.92 Å². The highest BCUT2D eigenvalue weighted by Gasteiger charge is 2.31. The average Bonchev–Trinajstić information content (AvgIpc) is 3.07. The van der Waals surface area contributed by atoms with Gasteiger partial charge in [0.15, 0.2) is 0 Å². The molecule has 1 aromatic heterocycles. The van der Waals surface area contributed by atoms with Crippen molar-refractivity contribution in [2.24, 2.45) is 7.05 Å². The molecule has 7 heteroatoms. The topological polar surface area (TPSA) is 84.7 Å². The predicted octanol–water partition coefficient (Wildman–Crippen LogP) is 4.28. The number of nitrogens with zero attached hydrogens (tertiary/aromatic N) is 3. The number of imidazole rings is 1. The molecule has 1 amide bonds. The fourth-order valence-corrected chi connectivity index (χ4v) is 4.47. The van der Waals surface area contributed by atoms with Crippen LogP contribution >= 0.6 is 0 Å². The molecule has 1 aliphatic heterocycles. The SMILES string of the molecule is CCOC(=O)C(Cc1nc2c3c(ccc2n1C)N(C(=O)O)[C@@H](C)CC3)c1ccccc1. The Morgan fingerprint density at radius 1 is 1.23 bits per heavy atom. The third kappa shape index (κ3) is 3.76. The lowest BCUT2D eigenvalue weighted by molar-refractivity contribution is -0.145. The minimum Gasteiger partial charge on any atom is -0.466 e. The van der Waals surface area contributed by atoms with Crippen LogP contribution in [0.4, 0.5) is 10.5 Å². The maximum atomic E-state index is 12.7. The minimum absolute atomic E-state index is 0.0723. The van der Waals surface area contributed by atoms with E-state index >= 15 is 0 Å². The molecule has 2 atom stereocenters. The van der Waals surface area contributed by atoms with Crippen molar-refractivity contribution < 1.29 is 19.4 Å².